The fourth-order valence-corrected chi connectivity index (χ4v) is 3.93. The van der Waals surface area contributed by atoms with E-state index < -0.39 is 0 Å². The molecule has 3 heteroatoms. The summed E-state index contributed by atoms with van der Waals surface area (Å²) in [4.78, 5) is 2.65. The van der Waals surface area contributed by atoms with Gasteiger partial charge in [0.25, 0.3) is 0 Å². The Kier molecular flexibility index (Phi) is 6.02. The predicted octanol–water partition coefficient (Wildman–Crippen LogP) is 3.38. The molecule has 0 radical (unpaired) electrons. The van der Waals surface area contributed by atoms with Gasteiger partial charge in [-0.1, -0.05) is 30.3 Å². The van der Waals surface area contributed by atoms with Gasteiger partial charge in [0, 0.05) is 24.1 Å². The van der Waals surface area contributed by atoms with Gasteiger partial charge in [0.1, 0.15) is 0 Å². The molecule has 0 bridgehead atoms. The van der Waals surface area contributed by atoms with E-state index in [1.807, 2.05) is 0 Å². The number of nitrogens with one attached hydrogen (secondary N) is 1. The maximum absolute atomic E-state index is 3.76. The zero-order chi connectivity index (χ0) is 14.3. The van der Waals surface area contributed by atoms with Crippen LogP contribution in [0.3, 0.4) is 0 Å². The minimum absolute atomic E-state index is 0.791. The van der Waals surface area contributed by atoms with Crippen molar-refractivity contribution in [1.29, 1.82) is 0 Å². The van der Waals surface area contributed by atoms with Gasteiger partial charge in [-0.15, -0.1) is 0 Å². The number of hydrogen-bond acceptors (Lipinski definition) is 3. The Labute approximate surface area is 133 Å². The number of thioether (sulfide) groups is 1. The molecule has 1 heterocycles. The molecule has 1 aromatic carbocycles. The van der Waals surface area contributed by atoms with Crippen LogP contribution in [-0.4, -0.2) is 42.9 Å². The predicted molar refractivity (Wildman–Crippen MR) is 92.8 cm³/mol. The molecule has 0 unspecified atom stereocenters. The van der Waals surface area contributed by atoms with Gasteiger partial charge in [-0.3, -0.25) is 0 Å². The van der Waals surface area contributed by atoms with E-state index in [9.17, 15) is 0 Å². The Balaban J connectivity index is 1.23. The molecule has 0 atom stereocenters. The molecule has 3 rings (SSSR count). The third-order valence-electron chi connectivity index (χ3n) is 4.64. The highest BCUT2D eigenvalue weighted by atomic mass is 32.2. The summed E-state index contributed by atoms with van der Waals surface area (Å²) in [5, 5.41) is 3.76. The summed E-state index contributed by atoms with van der Waals surface area (Å²) < 4.78 is 0. The lowest BCUT2D eigenvalue weighted by Crippen LogP contribution is -2.43. The van der Waals surface area contributed by atoms with Crippen LogP contribution in [0.4, 0.5) is 0 Å². The van der Waals surface area contributed by atoms with E-state index in [-0.39, 0.29) is 0 Å². The molecule has 2 nitrogen and oxygen atoms in total. The van der Waals surface area contributed by atoms with Crippen molar-refractivity contribution in [3.8, 4) is 0 Å². The average Bonchev–Trinajstić information content (AvgIpc) is 3.36. The third-order valence-corrected chi connectivity index (χ3v) is 5.65. The highest BCUT2D eigenvalue weighted by Gasteiger charge is 2.24. The topological polar surface area (TPSA) is 15.3 Å². The molecule has 0 amide bonds. The van der Waals surface area contributed by atoms with E-state index in [1.54, 1.807) is 0 Å². The third kappa shape index (κ3) is 5.65. The quantitative estimate of drug-likeness (QED) is 0.741. The first-order valence-corrected chi connectivity index (χ1v) is 9.63. The summed E-state index contributed by atoms with van der Waals surface area (Å²) >= 11 is 2.07. The normalized spacial score (nSPS) is 20.8. The molecule has 0 aromatic heterocycles. The van der Waals surface area contributed by atoms with Crippen LogP contribution < -0.4 is 5.32 Å². The average molecular weight is 305 g/mol. The van der Waals surface area contributed by atoms with Gasteiger partial charge in [0.15, 0.2) is 0 Å². The summed E-state index contributed by atoms with van der Waals surface area (Å²) in [6.07, 6.45) is 5.61. The van der Waals surface area contributed by atoms with Crippen LogP contribution in [0.15, 0.2) is 30.3 Å². The van der Waals surface area contributed by atoms with Crippen molar-refractivity contribution in [3.63, 3.8) is 0 Å². The molecule has 1 aliphatic carbocycles. The smallest absolute Gasteiger partial charge is 0.0185 e. The molecular formula is C18H28N2S. The summed E-state index contributed by atoms with van der Waals surface area (Å²) in [6, 6.07) is 11.6. The van der Waals surface area contributed by atoms with Crippen molar-refractivity contribution in [3.05, 3.63) is 35.9 Å². The Morgan fingerprint density at radius 1 is 1.05 bits per heavy atom. The SMILES string of the molecule is c1ccc(CSCCN2CCC(NCC3CC3)CC2)cc1. The first-order chi connectivity index (χ1) is 10.4. The maximum Gasteiger partial charge on any atom is 0.0185 e. The second-order valence-electron chi connectivity index (χ2n) is 6.51. The van der Waals surface area contributed by atoms with Crippen molar-refractivity contribution in [2.45, 2.75) is 37.5 Å². The number of likely N-dealkylation sites (tertiary alicyclic amines) is 1. The summed E-state index contributed by atoms with van der Waals surface area (Å²) in [7, 11) is 0. The lowest BCUT2D eigenvalue weighted by molar-refractivity contribution is 0.207. The van der Waals surface area contributed by atoms with Gasteiger partial charge >= 0.3 is 0 Å². The van der Waals surface area contributed by atoms with E-state index in [2.05, 4.69) is 52.3 Å². The molecule has 1 saturated carbocycles. The Morgan fingerprint density at radius 2 is 1.81 bits per heavy atom. The van der Waals surface area contributed by atoms with E-state index >= 15 is 0 Å². The number of benzene rings is 1. The monoisotopic (exact) mass is 304 g/mol. The van der Waals surface area contributed by atoms with Gasteiger partial charge in [-0.2, -0.15) is 11.8 Å². The Bertz CT molecular complexity index is 397. The standard InChI is InChI=1S/C18H28N2S/c1-2-4-17(5-3-1)15-21-13-12-20-10-8-18(9-11-20)19-14-16-6-7-16/h1-5,16,18-19H,6-15H2. The zero-order valence-electron chi connectivity index (χ0n) is 13.0. The summed E-state index contributed by atoms with van der Waals surface area (Å²) in [5.41, 5.74) is 1.45. The molecule has 1 aromatic rings. The van der Waals surface area contributed by atoms with Crippen LogP contribution in [0.25, 0.3) is 0 Å². The second kappa shape index (κ2) is 8.21. The van der Waals surface area contributed by atoms with Gasteiger partial charge in [0.2, 0.25) is 0 Å². The highest BCUT2D eigenvalue weighted by Crippen LogP contribution is 2.28. The fraction of sp³-hybridized carbons (Fsp3) is 0.667. The molecule has 1 saturated heterocycles. The van der Waals surface area contributed by atoms with Crippen molar-refractivity contribution in [2.75, 3.05) is 31.9 Å². The van der Waals surface area contributed by atoms with Crippen LogP contribution >= 0.6 is 11.8 Å². The van der Waals surface area contributed by atoms with Crippen molar-refractivity contribution < 1.29 is 0 Å². The van der Waals surface area contributed by atoms with Crippen LogP contribution in [-0.2, 0) is 5.75 Å². The fourth-order valence-electron chi connectivity index (χ4n) is 2.97. The van der Waals surface area contributed by atoms with Crippen LogP contribution in [0.2, 0.25) is 0 Å². The van der Waals surface area contributed by atoms with Crippen LogP contribution in [0.5, 0.6) is 0 Å². The molecule has 2 fully saturated rings. The van der Waals surface area contributed by atoms with Gasteiger partial charge in [0.05, 0.1) is 0 Å². The van der Waals surface area contributed by atoms with Crippen LogP contribution in [0.1, 0.15) is 31.2 Å². The number of piperidine rings is 1. The van der Waals surface area contributed by atoms with Crippen molar-refractivity contribution >= 4 is 11.8 Å². The largest absolute Gasteiger partial charge is 0.314 e. The Morgan fingerprint density at radius 3 is 2.52 bits per heavy atom. The van der Waals surface area contributed by atoms with E-state index in [0.717, 1.165) is 17.7 Å². The van der Waals surface area contributed by atoms with E-state index in [1.165, 1.54) is 63.2 Å². The lowest BCUT2D eigenvalue weighted by Gasteiger charge is -2.32. The highest BCUT2D eigenvalue weighted by molar-refractivity contribution is 7.98. The van der Waals surface area contributed by atoms with Gasteiger partial charge < -0.3 is 10.2 Å². The second-order valence-corrected chi connectivity index (χ2v) is 7.61. The molecule has 2 aliphatic rings. The molecule has 1 N–H and O–H groups in total. The molecule has 21 heavy (non-hydrogen) atoms. The summed E-state index contributed by atoms with van der Waals surface area (Å²) in [5.74, 6) is 3.42. The number of rotatable bonds is 8. The Hall–Kier alpha value is -0.510. The lowest BCUT2D eigenvalue weighted by atomic mass is 10.1. The first kappa shape index (κ1) is 15.4. The minimum Gasteiger partial charge on any atom is -0.314 e. The zero-order valence-corrected chi connectivity index (χ0v) is 13.8. The van der Waals surface area contributed by atoms with Gasteiger partial charge in [-0.05, 0) is 56.8 Å². The van der Waals surface area contributed by atoms with E-state index in [0.29, 0.717) is 0 Å². The van der Waals surface area contributed by atoms with Crippen molar-refractivity contribution in [1.82, 2.24) is 10.2 Å². The van der Waals surface area contributed by atoms with Gasteiger partial charge in [-0.25, -0.2) is 0 Å². The van der Waals surface area contributed by atoms with Crippen LogP contribution in [0, 0.1) is 5.92 Å². The molecule has 116 valence electrons. The first-order valence-electron chi connectivity index (χ1n) is 8.47. The number of nitrogens with zero attached hydrogens (tertiary/aromatic N) is 1. The summed E-state index contributed by atoms with van der Waals surface area (Å²) in [6.45, 7) is 5.10. The minimum atomic E-state index is 0.791. The van der Waals surface area contributed by atoms with Crippen molar-refractivity contribution in [2.24, 2.45) is 5.92 Å². The molecule has 0 spiro atoms. The molecule has 1 aliphatic heterocycles. The number of hydrogen-bond donors (Lipinski definition) is 1. The molecular weight excluding hydrogens is 276 g/mol. The maximum atomic E-state index is 3.76. The van der Waals surface area contributed by atoms with E-state index in [4.69, 9.17) is 0 Å².